The molecule has 0 amide bonds. The van der Waals surface area contributed by atoms with Crippen LogP contribution in [0.3, 0.4) is 0 Å². The Morgan fingerprint density at radius 3 is 1.82 bits per heavy atom. The molecule has 0 aromatic heterocycles. The van der Waals surface area contributed by atoms with E-state index in [9.17, 15) is 0 Å². The van der Waals surface area contributed by atoms with E-state index in [1.165, 1.54) is 55.2 Å². The largest absolute Gasteiger partial charge is 0.308 e. The lowest BCUT2D eigenvalue weighted by atomic mass is 9.70. The molecule has 0 spiro atoms. The Hall–Kier alpha value is -6.12. The highest BCUT2D eigenvalue weighted by Crippen LogP contribution is 2.58. The van der Waals surface area contributed by atoms with Crippen LogP contribution in [0.2, 0.25) is 0 Å². The molecule has 0 radical (unpaired) electrons. The molecule has 8 aromatic carbocycles. The molecule has 0 fully saturated rings. The second kappa shape index (κ2) is 11.5. The van der Waals surface area contributed by atoms with E-state index in [-0.39, 0.29) is 5.41 Å². The SMILES string of the molecule is CC1(C)c2ccccc2N(c2c(N(c3ccccc3)c3ccccc3)ccc3ccccc23)c2cccc(-c3ccc4ccccc4c3)c21. The zero-order valence-corrected chi connectivity index (χ0v) is 27.7. The molecule has 1 heterocycles. The van der Waals surface area contributed by atoms with E-state index in [0.717, 1.165) is 22.7 Å². The van der Waals surface area contributed by atoms with Crippen molar-refractivity contribution in [3.63, 3.8) is 0 Å². The van der Waals surface area contributed by atoms with Gasteiger partial charge in [-0.2, -0.15) is 0 Å². The van der Waals surface area contributed by atoms with E-state index in [4.69, 9.17) is 0 Å². The summed E-state index contributed by atoms with van der Waals surface area (Å²) in [4.78, 5) is 4.94. The zero-order valence-electron chi connectivity index (χ0n) is 27.7. The standard InChI is InChI=1S/C47H36N2/c1-47(2)41-25-13-14-26-42(41)49(43-27-15-24-39(45(43)47)36-29-28-33-16-9-10-18-35(33)32-36)46-40-23-12-11-17-34(40)30-31-44(46)48(37-19-5-3-6-20-37)38-21-7-4-8-22-38/h3-32H,1-2H3. The lowest BCUT2D eigenvalue weighted by Gasteiger charge is -2.44. The van der Waals surface area contributed by atoms with Crippen LogP contribution in [0.25, 0.3) is 32.7 Å². The van der Waals surface area contributed by atoms with Crippen molar-refractivity contribution in [3.8, 4) is 11.1 Å². The van der Waals surface area contributed by atoms with E-state index in [0.29, 0.717) is 0 Å². The minimum absolute atomic E-state index is 0.256. The van der Waals surface area contributed by atoms with Gasteiger partial charge in [-0.15, -0.1) is 0 Å². The molecule has 9 rings (SSSR count). The summed E-state index contributed by atoms with van der Waals surface area (Å²) in [5.74, 6) is 0. The number of benzene rings is 8. The number of nitrogens with zero attached hydrogens (tertiary/aromatic N) is 2. The molecule has 1 aliphatic heterocycles. The van der Waals surface area contributed by atoms with Crippen molar-refractivity contribution in [1.82, 2.24) is 0 Å². The predicted molar refractivity (Wildman–Crippen MR) is 208 cm³/mol. The predicted octanol–water partition coefficient (Wildman–Crippen LogP) is 13.2. The molecule has 234 valence electrons. The van der Waals surface area contributed by atoms with Gasteiger partial charge in [-0.05, 0) is 86.9 Å². The van der Waals surface area contributed by atoms with E-state index in [1.807, 2.05) is 0 Å². The van der Waals surface area contributed by atoms with Crippen molar-refractivity contribution < 1.29 is 0 Å². The van der Waals surface area contributed by atoms with E-state index < -0.39 is 0 Å². The fourth-order valence-electron chi connectivity index (χ4n) is 7.92. The van der Waals surface area contributed by atoms with Crippen molar-refractivity contribution in [2.75, 3.05) is 9.80 Å². The second-order valence-corrected chi connectivity index (χ2v) is 13.4. The number of anilines is 6. The van der Waals surface area contributed by atoms with Crippen molar-refractivity contribution in [2.45, 2.75) is 19.3 Å². The van der Waals surface area contributed by atoms with Crippen LogP contribution in [0.4, 0.5) is 34.1 Å². The Balaban J connectivity index is 1.38. The van der Waals surface area contributed by atoms with Gasteiger partial charge in [-0.25, -0.2) is 0 Å². The average Bonchev–Trinajstić information content (AvgIpc) is 3.16. The van der Waals surface area contributed by atoms with Gasteiger partial charge in [0.05, 0.1) is 22.7 Å². The van der Waals surface area contributed by atoms with Crippen LogP contribution in [0, 0.1) is 0 Å². The molecule has 49 heavy (non-hydrogen) atoms. The van der Waals surface area contributed by atoms with Crippen molar-refractivity contribution >= 4 is 55.7 Å². The molecule has 2 nitrogen and oxygen atoms in total. The summed E-state index contributed by atoms with van der Waals surface area (Å²) in [6, 6.07) is 66.2. The molecule has 0 aliphatic carbocycles. The Morgan fingerprint density at radius 1 is 0.469 bits per heavy atom. The number of rotatable bonds is 5. The lowest BCUT2D eigenvalue weighted by molar-refractivity contribution is 0.634. The number of para-hydroxylation sites is 3. The second-order valence-electron chi connectivity index (χ2n) is 13.4. The molecule has 0 bridgehead atoms. The molecule has 0 N–H and O–H groups in total. The smallest absolute Gasteiger partial charge is 0.0781 e. The van der Waals surface area contributed by atoms with E-state index >= 15 is 0 Å². The molecular weight excluding hydrogens is 593 g/mol. The third-order valence-corrected chi connectivity index (χ3v) is 10.2. The molecule has 0 saturated carbocycles. The quantitative estimate of drug-likeness (QED) is 0.187. The maximum Gasteiger partial charge on any atom is 0.0781 e. The number of hydrogen-bond acceptors (Lipinski definition) is 2. The van der Waals surface area contributed by atoms with E-state index in [2.05, 4.69) is 206 Å². The molecule has 1 aliphatic rings. The van der Waals surface area contributed by atoms with Gasteiger partial charge in [0.15, 0.2) is 0 Å². The van der Waals surface area contributed by atoms with Gasteiger partial charge >= 0.3 is 0 Å². The van der Waals surface area contributed by atoms with Gasteiger partial charge in [0.1, 0.15) is 0 Å². The third-order valence-electron chi connectivity index (χ3n) is 10.2. The normalized spacial score (nSPS) is 13.2. The van der Waals surface area contributed by atoms with Crippen LogP contribution in [0.1, 0.15) is 25.0 Å². The van der Waals surface area contributed by atoms with Gasteiger partial charge < -0.3 is 9.80 Å². The van der Waals surface area contributed by atoms with Crippen LogP contribution in [-0.2, 0) is 5.41 Å². The lowest BCUT2D eigenvalue weighted by Crippen LogP contribution is -2.32. The first kappa shape index (κ1) is 29.1. The van der Waals surface area contributed by atoms with Gasteiger partial charge in [-0.3, -0.25) is 0 Å². The Kier molecular flexibility index (Phi) is 6.84. The summed E-state index contributed by atoms with van der Waals surface area (Å²) in [6.45, 7) is 4.77. The maximum atomic E-state index is 2.54. The van der Waals surface area contributed by atoms with Gasteiger partial charge in [-0.1, -0.05) is 147 Å². The summed E-state index contributed by atoms with van der Waals surface area (Å²) in [6.07, 6.45) is 0. The van der Waals surface area contributed by atoms with Crippen LogP contribution < -0.4 is 9.80 Å². The van der Waals surface area contributed by atoms with Gasteiger partial charge in [0, 0.05) is 22.2 Å². The Labute approximate surface area is 288 Å². The topological polar surface area (TPSA) is 6.48 Å². The minimum atomic E-state index is -0.256. The molecular formula is C47H36N2. The van der Waals surface area contributed by atoms with Crippen LogP contribution >= 0.6 is 0 Å². The van der Waals surface area contributed by atoms with Crippen molar-refractivity contribution in [1.29, 1.82) is 0 Å². The molecule has 0 saturated heterocycles. The van der Waals surface area contributed by atoms with Gasteiger partial charge in [0.2, 0.25) is 0 Å². The summed E-state index contributed by atoms with van der Waals surface area (Å²) >= 11 is 0. The molecule has 8 aromatic rings. The highest BCUT2D eigenvalue weighted by atomic mass is 15.2. The highest BCUT2D eigenvalue weighted by molar-refractivity contribution is 6.09. The first-order valence-corrected chi connectivity index (χ1v) is 17.0. The fourth-order valence-corrected chi connectivity index (χ4v) is 7.92. The van der Waals surface area contributed by atoms with Crippen LogP contribution in [-0.4, -0.2) is 0 Å². The molecule has 2 heteroatoms. The molecule has 0 atom stereocenters. The van der Waals surface area contributed by atoms with Crippen molar-refractivity contribution in [2.24, 2.45) is 0 Å². The number of fused-ring (bicyclic) bond motifs is 4. The third kappa shape index (κ3) is 4.71. The maximum absolute atomic E-state index is 2.54. The average molecular weight is 629 g/mol. The highest BCUT2D eigenvalue weighted by Gasteiger charge is 2.40. The van der Waals surface area contributed by atoms with Crippen LogP contribution in [0.5, 0.6) is 0 Å². The molecule has 0 unspecified atom stereocenters. The summed E-state index contributed by atoms with van der Waals surface area (Å²) in [7, 11) is 0. The first-order valence-electron chi connectivity index (χ1n) is 17.0. The first-order chi connectivity index (χ1) is 24.1. The Morgan fingerprint density at radius 2 is 1.06 bits per heavy atom. The minimum Gasteiger partial charge on any atom is -0.308 e. The summed E-state index contributed by atoms with van der Waals surface area (Å²) in [5, 5.41) is 4.91. The number of hydrogen-bond donors (Lipinski definition) is 0. The summed E-state index contributed by atoms with van der Waals surface area (Å²) < 4.78 is 0. The fraction of sp³-hybridized carbons (Fsp3) is 0.0638. The monoisotopic (exact) mass is 628 g/mol. The van der Waals surface area contributed by atoms with Gasteiger partial charge in [0.25, 0.3) is 0 Å². The Bertz CT molecular complexity index is 2440. The van der Waals surface area contributed by atoms with Crippen LogP contribution in [0.15, 0.2) is 182 Å². The zero-order chi connectivity index (χ0) is 33.0. The van der Waals surface area contributed by atoms with Crippen molar-refractivity contribution in [3.05, 3.63) is 193 Å². The van der Waals surface area contributed by atoms with E-state index in [1.54, 1.807) is 0 Å². The summed E-state index contributed by atoms with van der Waals surface area (Å²) in [5.41, 5.74) is 11.8.